The molecule has 0 amide bonds. The van der Waals surface area contributed by atoms with E-state index < -0.39 is 0 Å². The van der Waals surface area contributed by atoms with E-state index in [4.69, 9.17) is 0 Å². The van der Waals surface area contributed by atoms with Crippen LogP contribution < -0.4 is 0 Å². The first kappa shape index (κ1) is 12.3. The molecule has 0 spiro atoms. The van der Waals surface area contributed by atoms with Crippen LogP contribution in [0.25, 0.3) is 0 Å². The fourth-order valence-corrected chi connectivity index (χ4v) is 1.59. The summed E-state index contributed by atoms with van der Waals surface area (Å²) in [6.45, 7) is 15.9. The van der Waals surface area contributed by atoms with Crippen molar-refractivity contribution in [1.82, 2.24) is 0 Å². The van der Waals surface area contributed by atoms with Crippen molar-refractivity contribution in [3.8, 4) is 0 Å². The lowest BCUT2D eigenvalue weighted by Crippen LogP contribution is -1.78. The average molecular weight is 194 g/mol. The third-order valence-corrected chi connectivity index (χ3v) is 2.63. The summed E-state index contributed by atoms with van der Waals surface area (Å²) in [5.41, 5.74) is 2.48. The van der Waals surface area contributed by atoms with E-state index in [1.54, 1.807) is 11.8 Å². The van der Waals surface area contributed by atoms with E-state index in [-0.39, 0.29) is 0 Å². The zero-order chi connectivity index (χ0) is 10.4. The van der Waals surface area contributed by atoms with Crippen molar-refractivity contribution < 1.29 is 0 Å². The van der Waals surface area contributed by atoms with Crippen molar-refractivity contribution in [2.75, 3.05) is 0 Å². The maximum absolute atomic E-state index is 3.86. The molecule has 0 saturated carbocycles. The zero-order valence-electron chi connectivity index (χ0n) is 8.98. The van der Waals surface area contributed by atoms with Gasteiger partial charge in [0.2, 0.25) is 0 Å². The Morgan fingerprint density at radius 1 is 1.15 bits per heavy atom. The SMILES string of the molecule is C=C/C(C)=C\C(C)=C(/C)SC(=C)C. The number of allylic oxidation sites excluding steroid dienone is 6. The summed E-state index contributed by atoms with van der Waals surface area (Å²) in [6.07, 6.45) is 4.00. The van der Waals surface area contributed by atoms with Crippen LogP contribution in [0.1, 0.15) is 27.7 Å². The third-order valence-electron chi connectivity index (χ3n) is 1.65. The summed E-state index contributed by atoms with van der Waals surface area (Å²) in [7, 11) is 0. The fourth-order valence-electron chi connectivity index (χ4n) is 0.844. The number of rotatable bonds is 4. The second kappa shape index (κ2) is 5.87. The molecule has 13 heavy (non-hydrogen) atoms. The van der Waals surface area contributed by atoms with Gasteiger partial charge in [-0.05, 0) is 43.1 Å². The fraction of sp³-hybridized carbons (Fsp3) is 0.333. The van der Waals surface area contributed by atoms with E-state index in [1.165, 1.54) is 16.1 Å². The molecule has 0 aromatic rings. The van der Waals surface area contributed by atoms with Gasteiger partial charge in [0.25, 0.3) is 0 Å². The van der Waals surface area contributed by atoms with Gasteiger partial charge in [0.1, 0.15) is 0 Å². The lowest BCUT2D eigenvalue weighted by atomic mass is 10.2. The average Bonchev–Trinajstić information content (AvgIpc) is 2.02. The van der Waals surface area contributed by atoms with Crippen molar-refractivity contribution in [2.24, 2.45) is 0 Å². The van der Waals surface area contributed by atoms with Crippen LogP contribution in [-0.2, 0) is 0 Å². The summed E-state index contributed by atoms with van der Waals surface area (Å²) >= 11 is 1.72. The Morgan fingerprint density at radius 3 is 2.08 bits per heavy atom. The molecule has 0 saturated heterocycles. The molecule has 0 aliphatic rings. The highest BCUT2D eigenvalue weighted by Crippen LogP contribution is 2.26. The highest BCUT2D eigenvalue weighted by atomic mass is 32.2. The summed E-state index contributed by atoms with van der Waals surface area (Å²) in [6, 6.07) is 0. The van der Waals surface area contributed by atoms with E-state index >= 15 is 0 Å². The molecular weight excluding hydrogens is 176 g/mol. The van der Waals surface area contributed by atoms with E-state index in [1.807, 2.05) is 13.0 Å². The first-order valence-corrected chi connectivity index (χ1v) is 5.10. The Hall–Kier alpha value is -0.690. The first-order valence-electron chi connectivity index (χ1n) is 4.29. The predicted octanol–water partition coefficient (Wildman–Crippen LogP) is 4.68. The van der Waals surface area contributed by atoms with Crippen molar-refractivity contribution in [2.45, 2.75) is 27.7 Å². The molecule has 0 aromatic carbocycles. The highest BCUT2D eigenvalue weighted by Gasteiger charge is 1.95. The van der Waals surface area contributed by atoms with Gasteiger partial charge >= 0.3 is 0 Å². The lowest BCUT2D eigenvalue weighted by Gasteiger charge is -2.03. The van der Waals surface area contributed by atoms with Crippen LogP contribution in [0.2, 0.25) is 0 Å². The van der Waals surface area contributed by atoms with Gasteiger partial charge in [-0.1, -0.05) is 42.6 Å². The van der Waals surface area contributed by atoms with Crippen LogP contribution in [0.15, 0.2) is 46.3 Å². The summed E-state index contributed by atoms with van der Waals surface area (Å²) in [4.78, 5) is 2.43. The van der Waals surface area contributed by atoms with Crippen LogP contribution in [-0.4, -0.2) is 0 Å². The molecule has 0 aliphatic carbocycles. The van der Waals surface area contributed by atoms with E-state index in [2.05, 4.69) is 40.0 Å². The third kappa shape index (κ3) is 5.53. The zero-order valence-corrected chi connectivity index (χ0v) is 9.79. The largest absolute Gasteiger partial charge is 0.0999 e. The molecule has 0 heterocycles. The van der Waals surface area contributed by atoms with Gasteiger partial charge in [-0.15, -0.1) is 0 Å². The Morgan fingerprint density at radius 2 is 1.69 bits per heavy atom. The Balaban J connectivity index is 4.61. The summed E-state index contributed by atoms with van der Waals surface area (Å²) in [5.74, 6) is 0. The van der Waals surface area contributed by atoms with Crippen molar-refractivity contribution in [3.63, 3.8) is 0 Å². The van der Waals surface area contributed by atoms with E-state index in [0.29, 0.717) is 0 Å². The number of thioether (sulfide) groups is 1. The normalized spacial score (nSPS) is 13.7. The van der Waals surface area contributed by atoms with Crippen LogP contribution in [0, 0.1) is 0 Å². The van der Waals surface area contributed by atoms with Gasteiger partial charge in [-0.2, -0.15) is 0 Å². The molecule has 0 fully saturated rings. The Bertz CT molecular complexity index is 267. The Labute approximate surface area is 86.1 Å². The molecule has 0 aliphatic heterocycles. The maximum Gasteiger partial charge on any atom is -0.0108 e. The molecule has 0 N–H and O–H groups in total. The second-order valence-electron chi connectivity index (χ2n) is 3.14. The maximum atomic E-state index is 3.86. The Kier molecular flexibility index (Phi) is 5.56. The molecule has 1 heteroatoms. The molecule has 0 unspecified atom stereocenters. The van der Waals surface area contributed by atoms with Crippen molar-refractivity contribution in [1.29, 1.82) is 0 Å². The van der Waals surface area contributed by atoms with E-state index in [9.17, 15) is 0 Å². The van der Waals surface area contributed by atoms with Crippen LogP contribution in [0.5, 0.6) is 0 Å². The smallest absolute Gasteiger partial charge is 0.0108 e. The van der Waals surface area contributed by atoms with Gasteiger partial charge in [-0.25, -0.2) is 0 Å². The van der Waals surface area contributed by atoms with E-state index in [0.717, 1.165) is 4.91 Å². The summed E-state index contributed by atoms with van der Waals surface area (Å²) in [5, 5.41) is 0. The van der Waals surface area contributed by atoms with Crippen LogP contribution >= 0.6 is 11.8 Å². The molecule has 0 atom stereocenters. The second-order valence-corrected chi connectivity index (χ2v) is 4.65. The van der Waals surface area contributed by atoms with Crippen LogP contribution in [0.4, 0.5) is 0 Å². The van der Waals surface area contributed by atoms with Crippen molar-refractivity contribution >= 4 is 11.8 Å². The topological polar surface area (TPSA) is 0 Å². The molecular formula is C12H18S. The number of hydrogen-bond donors (Lipinski definition) is 0. The lowest BCUT2D eigenvalue weighted by molar-refractivity contribution is 1.40. The molecule has 0 aromatic heterocycles. The minimum atomic E-state index is 1.13. The highest BCUT2D eigenvalue weighted by molar-refractivity contribution is 8.06. The minimum absolute atomic E-state index is 1.13. The van der Waals surface area contributed by atoms with Crippen molar-refractivity contribution in [3.05, 3.63) is 46.3 Å². The standard InChI is InChI=1S/C12H18S/c1-7-10(4)8-11(5)12(6)13-9(2)3/h7-8H,1-2H2,3-6H3/b10-8-,12-11+. The minimum Gasteiger partial charge on any atom is -0.0999 e. The number of hydrogen-bond acceptors (Lipinski definition) is 1. The summed E-state index contributed by atoms with van der Waals surface area (Å²) < 4.78 is 0. The quantitative estimate of drug-likeness (QED) is 0.586. The monoisotopic (exact) mass is 194 g/mol. The van der Waals surface area contributed by atoms with Gasteiger partial charge in [-0.3, -0.25) is 0 Å². The molecule has 72 valence electrons. The molecule has 0 nitrogen and oxygen atoms in total. The van der Waals surface area contributed by atoms with Crippen LogP contribution in [0.3, 0.4) is 0 Å². The van der Waals surface area contributed by atoms with Gasteiger partial charge in [0.05, 0.1) is 0 Å². The van der Waals surface area contributed by atoms with Gasteiger partial charge in [0, 0.05) is 0 Å². The molecule has 0 rings (SSSR count). The molecule has 0 bridgehead atoms. The van der Waals surface area contributed by atoms with Gasteiger partial charge in [0.15, 0.2) is 0 Å². The predicted molar refractivity (Wildman–Crippen MR) is 64.7 cm³/mol. The van der Waals surface area contributed by atoms with Gasteiger partial charge < -0.3 is 0 Å². The first-order chi connectivity index (χ1) is 5.97. The molecule has 0 radical (unpaired) electrons.